The number of allylic oxidation sites excluding steroid dienone is 1. The molecule has 17 heavy (non-hydrogen) atoms. The number of aryl methyl sites for hydroxylation is 1. The number of para-hydroxylation sites is 1. The Balaban J connectivity index is 2.02. The van der Waals surface area contributed by atoms with Crippen molar-refractivity contribution >= 4 is 11.9 Å². The highest BCUT2D eigenvalue weighted by molar-refractivity contribution is 6.14. The van der Waals surface area contributed by atoms with Crippen molar-refractivity contribution in [2.75, 3.05) is 0 Å². The van der Waals surface area contributed by atoms with E-state index >= 15 is 0 Å². The van der Waals surface area contributed by atoms with E-state index in [4.69, 9.17) is 4.74 Å². The van der Waals surface area contributed by atoms with Gasteiger partial charge in [-0.3, -0.25) is 4.79 Å². The van der Waals surface area contributed by atoms with Gasteiger partial charge in [-0.1, -0.05) is 12.1 Å². The zero-order chi connectivity index (χ0) is 11.8. The number of carbonyl (C=O) groups excluding carboxylic acids is 1. The van der Waals surface area contributed by atoms with Gasteiger partial charge in [0.05, 0.1) is 17.6 Å². The average molecular weight is 226 g/mol. The molecule has 4 nitrogen and oxygen atoms in total. The third kappa shape index (κ3) is 1.54. The summed E-state index contributed by atoms with van der Waals surface area (Å²) in [6.45, 7) is 1.89. The van der Waals surface area contributed by atoms with Gasteiger partial charge in [-0.05, 0) is 19.1 Å². The number of carbonyl (C=O) groups is 1. The van der Waals surface area contributed by atoms with Crippen molar-refractivity contribution in [1.29, 1.82) is 0 Å². The summed E-state index contributed by atoms with van der Waals surface area (Å²) in [5, 5.41) is 0. The van der Waals surface area contributed by atoms with Gasteiger partial charge in [0.15, 0.2) is 5.76 Å². The molecule has 2 aromatic rings. The van der Waals surface area contributed by atoms with Gasteiger partial charge in [-0.2, -0.15) is 0 Å². The molecule has 2 heterocycles. The van der Waals surface area contributed by atoms with Gasteiger partial charge in [0, 0.05) is 11.8 Å². The smallest absolute Gasteiger partial charge is 0.232 e. The largest absolute Gasteiger partial charge is 0.452 e. The zero-order valence-electron chi connectivity index (χ0n) is 9.23. The summed E-state index contributed by atoms with van der Waals surface area (Å²) in [6, 6.07) is 7.21. The summed E-state index contributed by atoms with van der Waals surface area (Å²) in [4.78, 5) is 19.1. The molecule has 1 aliphatic heterocycles. The standard InChI is InChI=1S/C13H10N2O2/c1-8-10(15-7-14-8)6-12-13(16)9-4-2-3-5-11(9)17-12/h2-7H,1H3,(H,14,15). The predicted octanol–water partition coefficient (Wildman–Crippen LogP) is 2.33. The van der Waals surface area contributed by atoms with Gasteiger partial charge < -0.3 is 9.72 Å². The topological polar surface area (TPSA) is 55.0 Å². The highest BCUT2D eigenvalue weighted by atomic mass is 16.5. The van der Waals surface area contributed by atoms with Crippen LogP contribution in [0.25, 0.3) is 6.08 Å². The molecule has 0 radical (unpaired) electrons. The molecule has 0 spiro atoms. The monoisotopic (exact) mass is 226 g/mol. The highest BCUT2D eigenvalue weighted by Crippen LogP contribution is 2.31. The van der Waals surface area contributed by atoms with Crippen LogP contribution in [0.3, 0.4) is 0 Å². The number of ketones is 1. The first kappa shape index (κ1) is 9.84. The third-order valence-corrected chi connectivity index (χ3v) is 2.71. The Morgan fingerprint density at radius 3 is 2.88 bits per heavy atom. The van der Waals surface area contributed by atoms with Crippen molar-refractivity contribution in [2.24, 2.45) is 0 Å². The number of aromatic amines is 1. The van der Waals surface area contributed by atoms with E-state index in [1.165, 1.54) is 0 Å². The third-order valence-electron chi connectivity index (χ3n) is 2.71. The number of hydrogen-bond donors (Lipinski definition) is 1. The quantitative estimate of drug-likeness (QED) is 0.759. The van der Waals surface area contributed by atoms with Crippen molar-refractivity contribution in [1.82, 2.24) is 9.97 Å². The molecule has 1 aromatic carbocycles. The number of nitrogens with zero attached hydrogens (tertiary/aromatic N) is 1. The summed E-state index contributed by atoms with van der Waals surface area (Å²) in [5.74, 6) is 0.835. The van der Waals surface area contributed by atoms with Gasteiger partial charge in [0.25, 0.3) is 0 Å². The number of benzene rings is 1. The Morgan fingerprint density at radius 1 is 1.35 bits per heavy atom. The Kier molecular flexibility index (Phi) is 2.08. The molecule has 3 rings (SSSR count). The molecule has 1 N–H and O–H groups in total. The Labute approximate surface area is 98.0 Å². The van der Waals surface area contributed by atoms with Gasteiger partial charge in [0.1, 0.15) is 5.75 Å². The molecule has 84 valence electrons. The Hall–Kier alpha value is -2.36. The van der Waals surface area contributed by atoms with Crippen LogP contribution in [-0.2, 0) is 0 Å². The molecule has 0 unspecified atom stereocenters. The first-order chi connectivity index (χ1) is 8.25. The van der Waals surface area contributed by atoms with Gasteiger partial charge >= 0.3 is 0 Å². The van der Waals surface area contributed by atoms with Gasteiger partial charge in [0.2, 0.25) is 5.78 Å². The maximum atomic E-state index is 12.0. The summed E-state index contributed by atoms with van der Waals surface area (Å²) in [5.41, 5.74) is 2.23. The number of rotatable bonds is 1. The maximum absolute atomic E-state index is 12.0. The molecule has 0 bridgehead atoms. The Morgan fingerprint density at radius 2 is 2.18 bits per heavy atom. The normalized spacial score (nSPS) is 16.1. The van der Waals surface area contributed by atoms with Crippen LogP contribution in [0.5, 0.6) is 5.75 Å². The van der Waals surface area contributed by atoms with Crippen LogP contribution in [0.2, 0.25) is 0 Å². The lowest BCUT2D eigenvalue weighted by molar-refractivity contribution is 0.101. The maximum Gasteiger partial charge on any atom is 0.232 e. The lowest BCUT2D eigenvalue weighted by atomic mass is 10.1. The number of H-pyrrole nitrogens is 1. The second-order valence-corrected chi connectivity index (χ2v) is 3.85. The number of nitrogens with one attached hydrogen (secondary N) is 1. The van der Waals surface area contributed by atoms with E-state index in [0.29, 0.717) is 17.1 Å². The molecule has 0 saturated carbocycles. The van der Waals surface area contributed by atoms with E-state index in [1.807, 2.05) is 19.1 Å². The predicted molar refractivity (Wildman–Crippen MR) is 62.7 cm³/mol. The number of aromatic nitrogens is 2. The SMILES string of the molecule is Cc1[nH]cnc1C=C1Oc2ccccc2C1=O. The minimum atomic E-state index is -0.0944. The number of Topliss-reactive ketones (excluding diaryl/α,β-unsaturated/α-hetero) is 1. The van der Waals surface area contributed by atoms with Gasteiger partial charge in [-0.25, -0.2) is 4.98 Å². The number of hydrogen-bond acceptors (Lipinski definition) is 3. The minimum Gasteiger partial charge on any atom is -0.452 e. The van der Waals surface area contributed by atoms with E-state index in [2.05, 4.69) is 9.97 Å². The van der Waals surface area contributed by atoms with Crippen LogP contribution < -0.4 is 4.74 Å². The molecule has 0 fully saturated rings. The first-order valence-electron chi connectivity index (χ1n) is 5.29. The molecule has 1 aliphatic rings. The van der Waals surface area contributed by atoms with E-state index in [-0.39, 0.29) is 5.78 Å². The average Bonchev–Trinajstić information content (AvgIpc) is 2.87. The van der Waals surface area contributed by atoms with Crippen LogP contribution in [0.4, 0.5) is 0 Å². The molecular formula is C13H10N2O2. The molecular weight excluding hydrogens is 216 g/mol. The lowest BCUT2D eigenvalue weighted by Crippen LogP contribution is -1.98. The van der Waals surface area contributed by atoms with E-state index < -0.39 is 0 Å². The molecule has 4 heteroatoms. The first-order valence-corrected chi connectivity index (χ1v) is 5.29. The number of ether oxygens (including phenoxy) is 1. The number of fused-ring (bicyclic) bond motifs is 1. The van der Waals surface area contributed by atoms with Crippen molar-refractivity contribution < 1.29 is 9.53 Å². The fraction of sp³-hybridized carbons (Fsp3) is 0.0769. The molecule has 0 amide bonds. The minimum absolute atomic E-state index is 0.0944. The molecule has 0 atom stereocenters. The number of imidazole rings is 1. The van der Waals surface area contributed by atoms with Crippen LogP contribution >= 0.6 is 0 Å². The summed E-state index contributed by atoms with van der Waals surface area (Å²) >= 11 is 0. The second kappa shape index (κ2) is 3.59. The van der Waals surface area contributed by atoms with E-state index in [9.17, 15) is 4.79 Å². The molecule has 0 saturated heterocycles. The fourth-order valence-corrected chi connectivity index (χ4v) is 1.77. The molecule has 1 aromatic heterocycles. The highest BCUT2D eigenvalue weighted by Gasteiger charge is 2.26. The van der Waals surface area contributed by atoms with Crippen LogP contribution in [0.1, 0.15) is 21.7 Å². The van der Waals surface area contributed by atoms with Crippen LogP contribution in [-0.4, -0.2) is 15.8 Å². The van der Waals surface area contributed by atoms with Crippen molar-refractivity contribution in [2.45, 2.75) is 6.92 Å². The summed E-state index contributed by atoms with van der Waals surface area (Å²) in [7, 11) is 0. The van der Waals surface area contributed by atoms with Crippen LogP contribution in [0, 0.1) is 6.92 Å². The summed E-state index contributed by atoms with van der Waals surface area (Å²) in [6.07, 6.45) is 3.25. The Bertz CT molecular complexity index is 626. The van der Waals surface area contributed by atoms with Crippen molar-refractivity contribution in [3.8, 4) is 5.75 Å². The van der Waals surface area contributed by atoms with E-state index in [0.717, 1.165) is 11.4 Å². The van der Waals surface area contributed by atoms with E-state index in [1.54, 1.807) is 24.5 Å². The zero-order valence-corrected chi connectivity index (χ0v) is 9.23. The molecule has 0 aliphatic carbocycles. The van der Waals surface area contributed by atoms with Crippen molar-refractivity contribution in [3.05, 3.63) is 53.3 Å². The summed E-state index contributed by atoms with van der Waals surface area (Å²) < 4.78 is 5.51. The lowest BCUT2D eigenvalue weighted by Gasteiger charge is -1.96. The van der Waals surface area contributed by atoms with Gasteiger partial charge in [-0.15, -0.1) is 0 Å². The van der Waals surface area contributed by atoms with Crippen molar-refractivity contribution in [3.63, 3.8) is 0 Å². The van der Waals surface area contributed by atoms with Crippen LogP contribution in [0.15, 0.2) is 36.4 Å². The second-order valence-electron chi connectivity index (χ2n) is 3.85. The fourth-order valence-electron chi connectivity index (χ4n) is 1.77.